The van der Waals surface area contributed by atoms with E-state index in [2.05, 4.69) is 4.98 Å². The average molecular weight is 427 g/mol. The molecule has 1 aromatic carbocycles. The van der Waals surface area contributed by atoms with Gasteiger partial charge in [0.1, 0.15) is 11.4 Å². The third kappa shape index (κ3) is 4.73. The molecule has 8 heteroatoms. The normalized spacial score (nSPS) is 11.4. The van der Waals surface area contributed by atoms with Crippen LogP contribution in [0.15, 0.2) is 38.5 Å². The second kappa shape index (κ2) is 9.24. The second-order valence-electron chi connectivity index (χ2n) is 8.33. The number of amides is 1. The standard InChI is InChI=1S/C23H30N4O4/c1-5-6-9-26(20-21(24)27(12-14(2)3)23(30)25-22(20)29)19(28)11-16-13-31-18-10-15(4)7-8-17(16)18/h7-8,10,13-14H,5-6,9,11-12,24H2,1-4H3,(H,25,29,30). The smallest absolute Gasteiger partial charge is 0.330 e. The Morgan fingerprint density at radius 3 is 2.71 bits per heavy atom. The lowest BCUT2D eigenvalue weighted by atomic mass is 10.1. The summed E-state index contributed by atoms with van der Waals surface area (Å²) in [5, 5.41) is 0.862. The minimum Gasteiger partial charge on any atom is -0.464 e. The lowest BCUT2D eigenvalue weighted by molar-refractivity contribution is -0.118. The number of nitrogens with two attached hydrogens (primary N) is 1. The second-order valence-corrected chi connectivity index (χ2v) is 8.33. The van der Waals surface area contributed by atoms with Crippen molar-refractivity contribution in [2.75, 3.05) is 17.2 Å². The number of nitrogens with zero attached hydrogens (tertiary/aromatic N) is 2. The number of hydrogen-bond acceptors (Lipinski definition) is 5. The highest BCUT2D eigenvalue weighted by Crippen LogP contribution is 2.25. The number of nitrogens with one attached hydrogen (secondary N) is 1. The first kappa shape index (κ1) is 22.4. The number of carbonyl (C=O) groups is 1. The number of hydrogen-bond donors (Lipinski definition) is 2. The number of furan rings is 1. The number of benzene rings is 1. The molecule has 0 radical (unpaired) electrons. The van der Waals surface area contributed by atoms with E-state index in [1.54, 1.807) is 6.26 Å². The molecule has 0 spiro atoms. The zero-order valence-electron chi connectivity index (χ0n) is 18.5. The number of nitrogen functional groups attached to an aromatic ring is 1. The maximum Gasteiger partial charge on any atom is 0.330 e. The largest absolute Gasteiger partial charge is 0.464 e. The van der Waals surface area contributed by atoms with Gasteiger partial charge in [-0.3, -0.25) is 19.1 Å². The van der Waals surface area contributed by atoms with Crippen molar-refractivity contribution in [1.29, 1.82) is 0 Å². The van der Waals surface area contributed by atoms with Crippen LogP contribution in [-0.2, 0) is 17.8 Å². The number of H-pyrrole nitrogens is 1. The van der Waals surface area contributed by atoms with Gasteiger partial charge >= 0.3 is 5.69 Å². The van der Waals surface area contributed by atoms with E-state index < -0.39 is 11.2 Å². The molecule has 8 nitrogen and oxygen atoms in total. The van der Waals surface area contributed by atoms with Gasteiger partial charge in [0.05, 0.1) is 12.7 Å². The Morgan fingerprint density at radius 1 is 1.29 bits per heavy atom. The number of aromatic nitrogens is 2. The summed E-state index contributed by atoms with van der Waals surface area (Å²) < 4.78 is 6.94. The van der Waals surface area contributed by atoms with Gasteiger partial charge in [-0.2, -0.15) is 0 Å². The quantitative estimate of drug-likeness (QED) is 0.574. The first-order valence-electron chi connectivity index (χ1n) is 10.6. The lowest BCUT2D eigenvalue weighted by Gasteiger charge is -2.25. The van der Waals surface area contributed by atoms with Crippen molar-refractivity contribution >= 4 is 28.4 Å². The van der Waals surface area contributed by atoms with Crippen molar-refractivity contribution in [3.05, 3.63) is 56.4 Å². The molecule has 0 saturated carbocycles. The fraction of sp³-hybridized carbons (Fsp3) is 0.435. The van der Waals surface area contributed by atoms with Gasteiger partial charge in [0.2, 0.25) is 5.91 Å². The van der Waals surface area contributed by atoms with E-state index in [9.17, 15) is 14.4 Å². The number of unbranched alkanes of at least 4 members (excludes halogenated alkanes) is 1. The van der Waals surface area contributed by atoms with Crippen molar-refractivity contribution in [3.63, 3.8) is 0 Å². The lowest BCUT2D eigenvalue weighted by Crippen LogP contribution is -2.42. The van der Waals surface area contributed by atoms with Crippen molar-refractivity contribution < 1.29 is 9.21 Å². The van der Waals surface area contributed by atoms with Crippen LogP contribution in [0.5, 0.6) is 0 Å². The van der Waals surface area contributed by atoms with Gasteiger partial charge in [0.25, 0.3) is 5.56 Å². The van der Waals surface area contributed by atoms with Gasteiger partial charge in [0.15, 0.2) is 5.69 Å². The molecule has 0 unspecified atom stereocenters. The number of aryl methyl sites for hydroxylation is 1. The SMILES string of the molecule is CCCCN(C(=O)Cc1coc2cc(C)ccc12)c1c(N)n(CC(C)C)c(=O)[nH]c1=O. The van der Waals surface area contributed by atoms with Gasteiger partial charge in [-0.15, -0.1) is 0 Å². The summed E-state index contributed by atoms with van der Waals surface area (Å²) >= 11 is 0. The maximum absolute atomic E-state index is 13.3. The first-order valence-corrected chi connectivity index (χ1v) is 10.6. The zero-order valence-corrected chi connectivity index (χ0v) is 18.5. The van der Waals surface area contributed by atoms with Crippen LogP contribution in [0.3, 0.4) is 0 Å². The summed E-state index contributed by atoms with van der Waals surface area (Å²) in [5.74, 6) is -0.123. The van der Waals surface area contributed by atoms with Crippen LogP contribution in [0.4, 0.5) is 11.5 Å². The number of rotatable bonds is 8. The predicted molar refractivity (Wildman–Crippen MR) is 122 cm³/mol. The molecule has 0 aliphatic rings. The van der Waals surface area contributed by atoms with Gasteiger partial charge < -0.3 is 15.1 Å². The molecule has 3 rings (SSSR count). The Balaban J connectivity index is 2.02. The number of carbonyl (C=O) groups excluding carboxylic acids is 1. The Bertz CT molecular complexity index is 1200. The summed E-state index contributed by atoms with van der Waals surface area (Å²) in [6, 6.07) is 5.81. The van der Waals surface area contributed by atoms with E-state index in [0.29, 0.717) is 25.1 Å². The van der Waals surface area contributed by atoms with Gasteiger partial charge in [0, 0.05) is 24.0 Å². The fourth-order valence-electron chi connectivity index (χ4n) is 3.65. The number of fused-ring (bicyclic) bond motifs is 1. The zero-order chi connectivity index (χ0) is 22.7. The van der Waals surface area contributed by atoms with E-state index in [0.717, 1.165) is 22.9 Å². The molecule has 3 aromatic rings. The van der Waals surface area contributed by atoms with Crippen molar-refractivity contribution in [2.45, 2.75) is 53.5 Å². The van der Waals surface area contributed by atoms with Crippen molar-refractivity contribution in [3.8, 4) is 0 Å². The van der Waals surface area contributed by atoms with Crippen LogP contribution in [0.2, 0.25) is 0 Å². The third-order valence-corrected chi connectivity index (χ3v) is 5.22. The van der Waals surface area contributed by atoms with Crippen molar-refractivity contribution in [2.24, 2.45) is 5.92 Å². The summed E-state index contributed by atoms with van der Waals surface area (Å²) in [5.41, 5.74) is 7.58. The molecule has 3 N–H and O–H groups in total. The molecular weight excluding hydrogens is 396 g/mol. The fourth-order valence-corrected chi connectivity index (χ4v) is 3.65. The van der Waals surface area contributed by atoms with E-state index in [1.807, 2.05) is 45.9 Å². The molecule has 31 heavy (non-hydrogen) atoms. The molecule has 0 atom stereocenters. The number of anilines is 2. The molecule has 0 fully saturated rings. The average Bonchev–Trinajstić information content (AvgIpc) is 3.08. The molecule has 1 amide bonds. The Kier molecular flexibility index (Phi) is 6.68. The molecule has 0 aliphatic carbocycles. The van der Waals surface area contributed by atoms with Crippen LogP contribution in [-0.4, -0.2) is 22.0 Å². The van der Waals surface area contributed by atoms with E-state index >= 15 is 0 Å². The van der Waals surface area contributed by atoms with E-state index in [-0.39, 0.29) is 29.8 Å². The minimum atomic E-state index is -0.653. The monoisotopic (exact) mass is 426 g/mol. The maximum atomic E-state index is 13.3. The van der Waals surface area contributed by atoms with Crippen LogP contribution in [0.1, 0.15) is 44.7 Å². The minimum absolute atomic E-state index is 0.0135. The van der Waals surface area contributed by atoms with Crippen molar-refractivity contribution in [1.82, 2.24) is 9.55 Å². The highest BCUT2D eigenvalue weighted by Gasteiger charge is 2.25. The van der Waals surface area contributed by atoms with Gasteiger partial charge in [-0.05, 0) is 30.9 Å². The highest BCUT2D eigenvalue weighted by molar-refractivity contribution is 5.98. The molecule has 2 heterocycles. The summed E-state index contributed by atoms with van der Waals surface area (Å²) in [7, 11) is 0. The van der Waals surface area contributed by atoms with Gasteiger partial charge in [-0.1, -0.05) is 39.3 Å². The van der Waals surface area contributed by atoms with Crippen LogP contribution >= 0.6 is 0 Å². The highest BCUT2D eigenvalue weighted by atomic mass is 16.3. The summed E-state index contributed by atoms with van der Waals surface area (Å²) in [6.45, 7) is 8.54. The Morgan fingerprint density at radius 2 is 2.03 bits per heavy atom. The Labute approximate surface area is 180 Å². The van der Waals surface area contributed by atoms with Crippen LogP contribution < -0.4 is 21.9 Å². The summed E-state index contributed by atoms with van der Waals surface area (Å²) in [6.07, 6.45) is 3.16. The molecule has 2 aromatic heterocycles. The predicted octanol–water partition coefficient (Wildman–Crippen LogP) is 3.21. The van der Waals surface area contributed by atoms with E-state index in [1.165, 1.54) is 9.47 Å². The molecule has 0 bridgehead atoms. The molecule has 0 saturated heterocycles. The number of aromatic amines is 1. The molecule has 0 aliphatic heterocycles. The third-order valence-electron chi connectivity index (χ3n) is 5.22. The van der Waals surface area contributed by atoms with Crippen LogP contribution in [0.25, 0.3) is 11.0 Å². The van der Waals surface area contributed by atoms with E-state index in [4.69, 9.17) is 10.2 Å². The van der Waals surface area contributed by atoms with Gasteiger partial charge in [-0.25, -0.2) is 4.79 Å². The Hall–Kier alpha value is -3.29. The molecule has 166 valence electrons. The van der Waals surface area contributed by atoms with Crippen LogP contribution in [0, 0.1) is 12.8 Å². The summed E-state index contributed by atoms with van der Waals surface area (Å²) in [4.78, 5) is 42.1. The molecular formula is C23H30N4O4. The topological polar surface area (TPSA) is 114 Å². The first-order chi connectivity index (χ1) is 14.7.